The molecule has 0 amide bonds. The van der Waals surface area contributed by atoms with Crippen molar-refractivity contribution >= 4 is 5.97 Å². The first-order valence-corrected chi connectivity index (χ1v) is 14.4. The maximum atomic E-state index is 12.2. The summed E-state index contributed by atoms with van der Waals surface area (Å²) >= 11 is 0. The third-order valence-electron chi connectivity index (χ3n) is 8.17. The molecule has 2 rings (SSSR count). The number of esters is 1. The summed E-state index contributed by atoms with van der Waals surface area (Å²) < 4.78 is 5.55. The zero-order valence-corrected chi connectivity index (χ0v) is 21.0. The Kier molecular flexibility index (Phi) is 15.5. The molecule has 2 fully saturated rings. The molecule has 2 aliphatic rings. The molecule has 0 atom stereocenters. The average molecular weight is 435 g/mol. The fourth-order valence-electron chi connectivity index (χ4n) is 6.07. The Morgan fingerprint density at radius 1 is 0.613 bits per heavy atom. The third-order valence-corrected chi connectivity index (χ3v) is 8.17. The second-order valence-corrected chi connectivity index (χ2v) is 10.8. The highest BCUT2D eigenvalue weighted by Crippen LogP contribution is 2.40. The molecular formula is C29H54O2. The van der Waals surface area contributed by atoms with E-state index in [2.05, 4.69) is 6.92 Å². The standard InChI is InChI=1S/C29H54O2/c1-2-3-4-5-6-7-8-9-10-11-12-13-17-24-31-29(30)25-26-20-22-28(23-21-26)27-18-15-14-16-19-27/h26-28H,2-25H2,1H3. The zero-order valence-electron chi connectivity index (χ0n) is 21.0. The molecule has 0 N–H and O–H groups in total. The van der Waals surface area contributed by atoms with Crippen molar-refractivity contribution in [1.82, 2.24) is 0 Å². The van der Waals surface area contributed by atoms with Crippen LogP contribution in [0.5, 0.6) is 0 Å². The highest BCUT2D eigenvalue weighted by atomic mass is 16.5. The van der Waals surface area contributed by atoms with Gasteiger partial charge in [0, 0.05) is 6.42 Å². The molecule has 0 aromatic heterocycles. The summed E-state index contributed by atoms with van der Waals surface area (Å²) in [5.74, 6) is 2.62. The predicted molar refractivity (Wildman–Crippen MR) is 133 cm³/mol. The van der Waals surface area contributed by atoms with E-state index in [4.69, 9.17) is 4.74 Å². The molecule has 2 nitrogen and oxygen atoms in total. The van der Waals surface area contributed by atoms with Gasteiger partial charge in [0.05, 0.1) is 6.61 Å². The first-order chi connectivity index (χ1) is 15.3. The summed E-state index contributed by atoms with van der Waals surface area (Å²) in [5.41, 5.74) is 0. The van der Waals surface area contributed by atoms with Gasteiger partial charge in [0.25, 0.3) is 0 Å². The molecule has 31 heavy (non-hydrogen) atoms. The Balaban J connectivity index is 1.33. The van der Waals surface area contributed by atoms with Crippen molar-refractivity contribution in [3.8, 4) is 0 Å². The SMILES string of the molecule is CCCCCCCCCCCCCCCOC(=O)CC1CCC(C2CCCCC2)CC1. The van der Waals surface area contributed by atoms with E-state index in [1.54, 1.807) is 0 Å². The van der Waals surface area contributed by atoms with Crippen LogP contribution in [0.25, 0.3) is 0 Å². The van der Waals surface area contributed by atoms with E-state index in [0.717, 1.165) is 18.3 Å². The van der Waals surface area contributed by atoms with E-state index < -0.39 is 0 Å². The Labute approximate surface area is 194 Å². The van der Waals surface area contributed by atoms with Crippen molar-refractivity contribution in [1.29, 1.82) is 0 Å². The number of ether oxygens (including phenoxy) is 1. The first kappa shape index (κ1) is 26.7. The normalized spacial score (nSPS) is 22.5. The largest absolute Gasteiger partial charge is 0.466 e. The third kappa shape index (κ3) is 12.9. The molecule has 0 unspecified atom stereocenters. The maximum Gasteiger partial charge on any atom is 0.306 e. The molecule has 0 radical (unpaired) electrons. The van der Waals surface area contributed by atoms with E-state index in [-0.39, 0.29) is 5.97 Å². The highest BCUT2D eigenvalue weighted by molar-refractivity contribution is 5.69. The molecule has 2 aliphatic carbocycles. The van der Waals surface area contributed by atoms with Gasteiger partial charge in [0.2, 0.25) is 0 Å². The van der Waals surface area contributed by atoms with E-state index in [1.807, 2.05) is 0 Å². The molecule has 0 saturated heterocycles. The lowest BCUT2D eigenvalue weighted by molar-refractivity contribution is -0.145. The van der Waals surface area contributed by atoms with Crippen LogP contribution in [0.15, 0.2) is 0 Å². The van der Waals surface area contributed by atoms with Crippen LogP contribution in [0.4, 0.5) is 0 Å². The maximum absolute atomic E-state index is 12.2. The van der Waals surface area contributed by atoms with Gasteiger partial charge < -0.3 is 4.74 Å². The Morgan fingerprint density at radius 2 is 1.10 bits per heavy atom. The van der Waals surface area contributed by atoms with Crippen LogP contribution in [0.2, 0.25) is 0 Å². The van der Waals surface area contributed by atoms with Crippen molar-refractivity contribution in [3.05, 3.63) is 0 Å². The van der Waals surface area contributed by atoms with Crippen LogP contribution in [0, 0.1) is 17.8 Å². The molecule has 2 heteroatoms. The van der Waals surface area contributed by atoms with Crippen molar-refractivity contribution in [3.63, 3.8) is 0 Å². The number of carbonyl (C=O) groups is 1. The molecule has 0 aliphatic heterocycles. The van der Waals surface area contributed by atoms with Crippen molar-refractivity contribution in [2.45, 2.75) is 155 Å². The highest BCUT2D eigenvalue weighted by Gasteiger charge is 2.29. The van der Waals surface area contributed by atoms with E-state index >= 15 is 0 Å². The molecule has 0 aromatic rings. The lowest BCUT2D eigenvalue weighted by atomic mass is 9.70. The number of carbonyl (C=O) groups excluding carboxylic acids is 1. The minimum atomic E-state index is 0.0695. The second-order valence-electron chi connectivity index (χ2n) is 10.8. The zero-order chi connectivity index (χ0) is 22.0. The van der Waals surface area contributed by atoms with Gasteiger partial charge in [0.1, 0.15) is 0 Å². The van der Waals surface area contributed by atoms with Crippen LogP contribution in [-0.4, -0.2) is 12.6 Å². The van der Waals surface area contributed by atoms with E-state index in [9.17, 15) is 4.79 Å². The fourth-order valence-corrected chi connectivity index (χ4v) is 6.07. The van der Waals surface area contributed by atoms with Crippen LogP contribution in [-0.2, 0) is 9.53 Å². The quantitative estimate of drug-likeness (QED) is 0.168. The minimum Gasteiger partial charge on any atom is -0.466 e. The van der Waals surface area contributed by atoms with E-state index in [1.165, 1.54) is 135 Å². The van der Waals surface area contributed by atoms with Crippen LogP contribution in [0.3, 0.4) is 0 Å². The molecular weight excluding hydrogens is 380 g/mol. The van der Waals surface area contributed by atoms with Crippen molar-refractivity contribution in [2.75, 3.05) is 6.61 Å². The molecule has 0 bridgehead atoms. The average Bonchev–Trinajstić information content (AvgIpc) is 2.80. The van der Waals surface area contributed by atoms with Gasteiger partial charge in [-0.05, 0) is 49.9 Å². The summed E-state index contributed by atoms with van der Waals surface area (Å²) in [5, 5.41) is 0. The number of unbranched alkanes of at least 4 members (excludes halogenated alkanes) is 12. The molecule has 0 spiro atoms. The van der Waals surface area contributed by atoms with Gasteiger partial charge in [0.15, 0.2) is 0 Å². The Morgan fingerprint density at radius 3 is 1.65 bits per heavy atom. The van der Waals surface area contributed by atoms with E-state index in [0.29, 0.717) is 18.9 Å². The lowest BCUT2D eigenvalue weighted by Gasteiger charge is -2.35. The summed E-state index contributed by atoms with van der Waals surface area (Å²) in [7, 11) is 0. The summed E-state index contributed by atoms with van der Waals surface area (Å²) in [4.78, 5) is 12.2. The van der Waals surface area contributed by atoms with Gasteiger partial charge in [-0.15, -0.1) is 0 Å². The van der Waals surface area contributed by atoms with Crippen molar-refractivity contribution < 1.29 is 9.53 Å². The summed E-state index contributed by atoms with van der Waals surface area (Å²) in [6.07, 6.45) is 30.9. The molecule has 2 saturated carbocycles. The lowest BCUT2D eigenvalue weighted by Crippen LogP contribution is -2.25. The number of rotatable bonds is 17. The topological polar surface area (TPSA) is 26.3 Å². The summed E-state index contributed by atoms with van der Waals surface area (Å²) in [6, 6.07) is 0. The van der Waals surface area contributed by atoms with Gasteiger partial charge >= 0.3 is 5.97 Å². The van der Waals surface area contributed by atoms with Gasteiger partial charge in [-0.2, -0.15) is 0 Å². The van der Waals surface area contributed by atoms with Crippen LogP contribution < -0.4 is 0 Å². The predicted octanol–water partition coefficient (Wildman–Crippen LogP) is 9.40. The van der Waals surface area contributed by atoms with Crippen molar-refractivity contribution in [2.24, 2.45) is 17.8 Å². The van der Waals surface area contributed by atoms with Gasteiger partial charge in [-0.25, -0.2) is 0 Å². The number of hydrogen-bond acceptors (Lipinski definition) is 2. The molecule has 0 aromatic carbocycles. The monoisotopic (exact) mass is 434 g/mol. The fraction of sp³-hybridized carbons (Fsp3) is 0.966. The second kappa shape index (κ2) is 18.0. The molecule has 0 heterocycles. The Bertz CT molecular complexity index is 418. The Hall–Kier alpha value is -0.530. The number of hydrogen-bond donors (Lipinski definition) is 0. The molecule has 182 valence electrons. The minimum absolute atomic E-state index is 0.0695. The van der Waals surface area contributed by atoms with Gasteiger partial charge in [-0.1, -0.05) is 116 Å². The van der Waals surface area contributed by atoms with Crippen LogP contribution >= 0.6 is 0 Å². The summed E-state index contributed by atoms with van der Waals surface area (Å²) in [6.45, 7) is 2.93. The smallest absolute Gasteiger partial charge is 0.306 e. The van der Waals surface area contributed by atoms with Gasteiger partial charge in [-0.3, -0.25) is 4.79 Å². The first-order valence-electron chi connectivity index (χ1n) is 14.4. The van der Waals surface area contributed by atoms with Crippen LogP contribution in [0.1, 0.15) is 155 Å².